The number of halogens is 1. The molecule has 4 rings (SSSR count). The van der Waals surface area contributed by atoms with Crippen molar-refractivity contribution in [2.24, 2.45) is 0 Å². The summed E-state index contributed by atoms with van der Waals surface area (Å²) in [6.45, 7) is 3.01. The van der Waals surface area contributed by atoms with E-state index in [4.69, 9.17) is 11.6 Å². The predicted molar refractivity (Wildman–Crippen MR) is 107 cm³/mol. The second-order valence-corrected chi connectivity index (χ2v) is 6.85. The van der Waals surface area contributed by atoms with E-state index in [2.05, 4.69) is 27.0 Å². The van der Waals surface area contributed by atoms with Crippen LogP contribution in [0.3, 0.4) is 0 Å². The lowest BCUT2D eigenvalue weighted by Crippen LogP contribution is -2.48. The number of carbonyl (C=O) groups excluding carboxylic acids is 1. The molecule has 3 aromatic rings. The summed E-state index contributed by atoms with van der Waals surface area (Å²) >= 11 is 5.91. The molecule has 2 heterocycles. The van der Waals surface area contributed by atoms with E-state index < -0.39 is 0 Å². The Hall–Kier alpha value is -2.92. The van der Waals surface area contributed by atoms with Gasteiger partial charge in [-0.2, -0.15) is 0 Å². The molecule has 1 aromatic heterocycles. The maximum absolute atomic E-state index is 12.7. The quantitative estimate of drug-likeness (QED) is 0.696. The number of hydrogen-bond donors (Lipinski definition) is 0. The van der Waals surface area contributed by atoms with Crippen LogP contribution in [-0.4, -0.2) is 47.0 Å². The second-order valence-electron chi connectivity index (χ2n) is 6.42. The molecule has 1 aliphatic heterocycles. The number of para-hydroxylation sites is 1. The smallest absolute Gasteiger partial charge is 0.257 e. The molecule has 0 aliphatic carbocycles. The molecule has 0 spiro atoms. The summed E-state index contributed by atoms with van der Waals surface area (Å²) in [6.07, 6.45) is 3.20. The third-order valence-electron chi connectivity index (χ3n) is 4.69. The van der Waals surface area contributed by atoms with Crippen LogP contribution in [0, 0.1) is 0 Å². The van der Waals surface area contributed by atoms with Crippen molar-refractivity contribution in [1.29, 1.82) is 0 Å². The third kappa shape index (κ3) is 3.93. The van der Waals surface area contributed by atoms with Gasteiger partial charge in [-0.3, -0.25) is 4.79 Å². The normalized spacial score (nSPS) is 14.3. The van der Waals surface area contributed by atoms with Crippen LogP contribution in [-0.2, 0) is 0 Å². The number of hydrogen-bond acceptors (Lipinski definition) is 4. The van der Waals surface area contributed by atoms with Gasteiger partial charge in [-0.25, -0.2) is 9.97 Å². The number of nitrogens with zero attached hydrogens (tertiary/aromatic N) is 4. The van der Waals surface area contributed by atoms with Crippen molar-refractivity contribution in [3.63, 3.8) is 0 Å². The number of benzene rings is 2. The average molecular weight is 379 g/mol. The highest BCUT2D eigenvalue weighted by Crippen LogP contribution is 2.19. The summed E-state index contributed by atoms with van der Waals surface area (Å²) in [5.41, 5.74) is 2.58. The molecule has 0 radical (unpaired) electrons. The molecule has 136 valence electrons. The zero-order valence-electron chi connectivity index (χ0n) is 14.8. The second kappa shape index (κ2) is 7.76. The maximum atomic E-state index is 12.7. The molecule has 0 saturated carbocycles. The van der Waals surface area contributed by atoms with E-state index in [1.54, 1.807) is 24.5 Å². The summed E-state index contributed by atoms with van der Waals surface area (Å²) in [5, 5.41) is 0.667. The Morgan fingerprint density at radius 3 is 2.11 bits per heavy atom. The Labute approximate surface area is 163 Å². The van der Waals surface area contributed by atoms with E-state index in [1.165, 1.54) is 5.69 Å². The first-order valence-electron chi connectivity index (χ1n) is 8.88. The number of amides is 1. The van der Waals surface area contributed by atoms with E-state index in [-0.39, 0.29) is 5.91 Å². The number of anilines is 1. The van der Waals surface area contributed by atoms with E-state index in [1.807, 2.05) is 35.2 Å². The van der Waals surface area contributed by atoms with Crippen molar-refractivity contribution >= 4 is 23.2 Å². The topological polar surface area (TPSA) is 49.3 Å². The number of aromatic nitrogens is 2. The van der Waals surface area contributed by atoms with Crippen molar-refractivity contribution in [3.8, 4) is 11.4 Å². The lowest BCUT2D eigenvalue weighted by molar-refractivity contribution is 0.0746. The van der Waals surface area contributed by atoms with E-state index >= 15 is 0 Å². The van der Waals surface area contributed by atoms with Gasteiger partial charge >= 0.3 is 0 Å². The molecule has 2 aromatic carbocycles. The van der Waals surface area contributed by atoms with Gasteiger partial charge in [-0.15, -0.1) is 0 Å². The van der Waals surface area contributed by atoms with Gasteiger partial charge in [-0.1, -0.05) is 29.8 Å². The van der Waals surface area contributed by atoms with Crippen LogP contribution in [0.2, 0.25) is 5.02 Å². The summed E-state index contributed by atoms with van der Waals surface area (Å²) in [6, 6.07) is 17.6. The highest BCUT2D eigenvalue weighted by atomic mass is 35.5. The average Bonchev–Trinajstić information content (AvgIpc) is 2.75. The first-order valence-corrected chi connectivity index (χ1v) is 9.26. The first kappa shape index (κ1) is 17.5. The largest absolute Gasteiger partial charge is 0.368 e. The molecule has 1 fully saturated rings. The molecule has 1 aliphatic rings. The zero-order valence-corrected chi connectivity index (χ0v) is 15.5. The van der Waals surface area contributed by atoms with Crippen LogP contribution in [0.1, 0.15) is 10.4 Å². The molecular formula is C21H19ClN4O. The highest BCUT2D eigenvalue weighted by Gasteiger charge is 2.22. The fourth-order valence-electron chi connectivity index (χ4n) is 3.18. The van der Waals surface area contributed by atoms with E-state index in [9.17, 15) is 4.79 Å². The minimum Gasteiger partial charge on any atom is -0.368 e. The van der Waals surface area contributed by atoms with Gasteiger partial charge in [0.1, 0.15) is 0 Å². The van der Waals surface area contributed by atoms with Gasteiger partial charge in [0.25, 0.3) is 5.91 Å². The van der Waals surface area contributed by atoms with Crippen molar-refractivity contribution in [1.82, 2.24) is 14.9 Å². The fraction of sp³-hybridized carbons (Fsp3) is 0.190. The zero-order chi connectivity index (χ0) is 18.6. The Bertz CT molecular complexity index is 905. The van der Waals surface area contributed by atoms with Crippen LogP contribution in [0.4, 0.5) is 5.69 Å². The van der Waals surface area contributed by atoms with Crippen LogP contribution >= 0.6 is 11.6 Å². The summed E-state index contributed by atoms with van der Waals surface area (Å²) in [7, 11) is 0. The lowest BCUT2D eigenvalue weighted by atomic mass is 10.2. The Morgan fingerprint density at radius 2 is 1.48 bits per heavy atom. The highest BCUT2D eigenvalue weighted by molar-refractivity contribution is 6.30. The molecule has 1 saturated heterocycles. The minimum absolute atomic E-state index is 0.0228. The van der Waals surface area contributed by atoms with Gasteiger partial charge in [0.2, 0.25) is 0 Å². The fourth-order valence-corrected chi connectivity index (χ4v) is 3.30. The van der Waals surface area contributed by atoms with Gasteiger partial charge in [0.15, 0.2) is 5.82 Å². The third-order valence-corrected chi connectivity index (χ3v) is 4.94. The van der Waals surface area contributed by atoms with Gasteiger partial charge in [-0.05, 0) is 36.4 Å². The first-order chi connectivity index (χ1) is 13.2. The molecule has 0 unspecified atom stereocenters. The molecular weight excluding hydrogens is 360 g/mol. The summed E-state index contributed by atoms with van der Waals surface area (Å²) in [4.78, 5) is 25.6. The molecule has 0 N–H and O–H groups in total. The van der Waals surface area contributed by atoms with Crippen molar-refractivity contribution < 1.29 is 4.79 Å². The molecule has 27 heavy (non-hydrogen) atoms. The minimum atomic E-state index is -0.0228. The Morgan fingerprint density at radius 1 is 0.852 bits per heavy atom. The molecule has 5 nitrogen and oxygen atoms in total. The maximum Gasteiger partial charge on any atom is 0.257 e. The molecule has 6 heteroatoms. The number of carbonyl (C=O) groups is 1. The Kier molecular flexibility index (Phi) is 5.03. The number of piperazine rings is 1. The van der Waals surface area contributed by atoms with Crippen LogP contribution in [0.25, 0.3) is 11.4 Å². The molecule has 0 bridgehead atoms. The SMILES string of the molecule is O=C(c1cnc(-c2ccc(Cl)cc2)nc1)N1CCN(c2ccccc2)CC1. The molecule has 0 atom stereocenters. The van der Waals surface area contributed by atoms with Gasteiger partial charge in [0, 0.05) is 54.8 Å². The van der Waals surface area contributed by atoms with Crippen molar-refractivity contribution in [2.45, 2.75) is 0 Å². The van der Waals surface area contributed by atoms with Crippen LogP contribution in [0.5, 0.6) is 0 Å². The van der Waals surface area contributed by atoms with Gasteiger partial charge in [0.05, 0.1) is 5.56 Å². The molecule has 1 amide bonds. The van der Waals surface area contributed by atoms with Crippen molar-refractivity contribution in [3.05, 3.63) is 77.6 Å². The standard InChI is InChI=1S/C21H19ClN4O/c22-18-8-6-16(7-9-18)20-23-14-17(15-24-20)21(27)26-12-10-25(11-13-26)19-4-2-1-3-5-19/h1-9,14-15H,10-13H2. The number of rotatable bonds is 3. The summed E-state index contributed by atoms with van der Waals surface area (Å²) in [5.74, 6) is 0.558. The van der Waals surface area contributed by atoms with E-state index in [0.717, 1.165) is 18.7 Å². The van der Waals surface area contributed by atoms with Gasteiger partial charge < -0.3 is 9.80 Å². The summed E-state index contributed by atoms with van der Waals surface area (Å²) < 4.78 is 0. The van der Waals surface area contributed by atoms with Crippen molar-refractivity contribution in [2.75, 3.05) is 31.1 Å². The predicted octanol–water partition coefficient (Wildman–Crippen LogP) is 3.76. The van der Waals surface area contributed by atoms with E-state index in [0.29, 0.717) is 29.5 Å². The van der Waals surface area contributed by atoms with Crippen LogP contribution in [0.15, 0.2) is 67.0 Å². The Balaban J connectivity index is 1.41. The van der Waals surface area contributed by atoms with Crippen LogP contribution < -0.4 is 4.90 Å². The monoisotopic (exact) mass is 378 g/mol. The lowest BCUT2D eigenvalue weighted by Gasteiger charge is -2.36.